The zero-order valence-electron chi connectivity index (χ0n) is 14.1. The highest BCUT2D eigenvalue weighted by Gasteiger charge is 2.37. The lowest BCUT2D eigenvalue weighted by Crippen LogP contribution is -2.52. The Bertz CT molecular complexity index is 774. The first kappa shape index (κ1) is 17.1. The highest BCUT2D eigenvalue weighted by molar-refractivity contribution is 7.17. The van der Waals surface area contributed by atoms with Crippen molar-refractivity contribution in [2.24, 2.45) is 7.05 Å². The number of hydrogen-bond acceptors (Lipinski definition) is 7. The smallest absolute Gasteiger partial charge is 0.321 e. The quantitative estimate of drug-likeness (QED) is 0.827. The standard InChI is InChI=1S/C14H19N7O3S/c1-20-10(22)5-4-8(11(20)9-6-7-15-21(9)2)16-12(23)17-13-18-19-14(24-3)25-13/h6-8,11H,4-5H2,1-3H3,(H2,16,17,18,23)/t8-,11-/m1/s1. The van der Waals surface area contributed by atoms with Crippen LogP contribution in [0.4, 0.5) is 9.93 Å². The summed E-state index contributed by atoms with van der Waals surface area (Å²) in [6, 6.07) is 0.914. The molecule has 1 saturated heterocycles. The van der Waals surface area contributed by atoms with Crippen LogP contribution in [0.15, 0.2) is 12.3 Å². The van der Waals surface area contributed by atoms with Gasteiger partial charge in [-0.2, -0.15) is 5.10 Å². The van der Waals surface area contributed by atoms with Gasteiger partial charge in [-0.3, -0.25) is 14.8 Å². The molecule has 0 unspecified atom stereocenters. The topological polar surface area (TPSA) is 114 Å². The van der Waals surface area contributed by atoms with Crippen molar-refractivity contribution in [1.29, 1.82) is 0 Å². The molecule has 2 aromatic rings. The van der Waals surface area contributed by atoms with Crippen molar-refractivity contribution < 1.29 is 14.3 Å². The highest BCUT2D eigenvalue weighted by atomic mass is 32.1. The first-order chi connectivity index (χ1) is 12.0. The average Bonchev–Trinajstić information content (AvgIpc) is 3.20. The van der Waals surface area contributed by atoms with Crippen LogP contribution in [0.2, 0.25) is 0 Å². The number of methoxy groups -OCH3 is 1. The Morgan fingerprint density at radius 2 is 2.20 bits per heavy atom. The van der Waals surface area contributed by atoms with Gasteiger partial charge in [0.05, 0.1) is 24.9 Å². The fraction of sp³-hybridized carbons (Fsp3) is 0.500. The third-order valence-electron chi connectivity index (χ3n) is 4.14. The minimum Gasteiger partial charge on any atom is -0.472 e. The number of aromatic nitrogens is 4. The van der Waals surface area contributed by atoms with E-state index in [-0.39, 0.29) is 18.0 Å². The van der Waals surface area contributed by atoms with E-state index in [1.807, 2.05) is 13.1 Å². The van der Waals surface area contributed by atoms with E-state index >= 15 is 0 Å². The molecule has 0 radical (unpaired) electrons. The number of ether oxygens (including phenoxy) is 1. The van der Waals surface area contributed by atoms with E-state index in [0.29, 0.717) is 23.2 Å². The van der Waals surface area contributed by atoms with Crippen LogP contribution in [-0.4, -0.2) is 57.0 Å². The Morgan fingerprint density at radius 1 is 1.40 bits per heavy atom. The van der Waals surface area contributed by atoms with E-state index in [9.17, 15) is 9.59 Å². The second-order valence-corrected chi connectivity index (χ2v) is 6.59. The van der Waals surface area contributed by atoms with E-state index in [1.54, 1.807) is 22.8 Å². The van der Waals surface area contributed by atoms with Gasteiger partial charge in [0, 0.05) is 26.7 Å². The monoisotopic (exact) mass is 365 g/mol. The molecule has 0 aliphatic carbocycles. The third-order valence-corrected chi connectivity index (χ3v) is 4.94. The zero-order valence-corrected chi connectivity index (χ0v) is 14.9. The number of nitrogens with one attached hydrogen (secondary N) is 2. The highest BCUT2D eigenvalue weighted by Crippen LogP contribution is 2.30. The molecule has 1 aliphatic heterocycles. The molecule has 25 heavy (non-hydrogen) atoms. The predicted molar refractivity (Wildman–Crippen MR) is 90.4 cm³/mol. The van der Waals surface area contributed by atoms with Crippen molar-refractivity contribution in [1.82, 2.24) is 30.2 Å². The molecule has 10 nitrogen and oxygen atoms in total. The number of carbonyl (C=O) groups is 2. The molecule has 0 bridgehead atoms. The van der Waals surface area contributed by atoms with Crippen LogP contribution in [0, 0.1) is 0 Å². The van der Waals surface area contributed by atoms with Crippen LogP contribution < -0.4 is 15.4 Å². The Labute approximate surface area is 148 Å². The van der Waals surface area contributed by atoms with Crippen molar-refractivity contribution in [3.63, 3.8) is 0 Å². The van der Waals surface area contributed by atoms with Crippen molar-refractivity contribution >= 4 is 28.4 Å². The summed E-state index contributed by atoms with van der Waals surface area (Å²) in [5.74, 6) is 0.0403. The molecule has 0 saturated carbocycles. The Balaban J connectivity index is 1.73. The molecule has 2 N–H and O–H groups in total. The van der Waals surface area contributed by atoms with Gasteiger partial charge in [0.15, 0.2) is 0 Å². The van der Waals surface area contributed by atoms with Crippen LogP contribution in [0.3, 0.4) is 0 Å². The SMILES string of the molecule is COc1nnc(NC(=O)N[C@@H]2CCC(=O)N(C)[C@H]2c2ccnn2C)s1. The molecule has 0 spiro atoms. The number of urea groups is 1. The van der Waals surface area contributed by atoms with Crippen molar-refractivity contribution in [3.05, 3.63) is 18.0 Å². The average molecular weight is 365 g/mol. The van der Waals surface area contributed by atoms with E-state index < -0.39 is 6.03 Å². The van der Waals surface area contributed by atoms with Gasteiger partial charge >= 0.3 is 6.03 Å². The van der Waals surface area contributed by atoms with Gasteiger partial charge in [0.1, 0.15) is 0 Å². The molecule has 3 heterocycles. The lowest BCUT2D eigenvalue weighted by atomic mass is 9.93. The Morgan fingerprint density at radius 3 is 2.84 bits per heavy atom. The van der Waals surface area contributed by atoms with Crippen molar-refractivity contribution in [2.75, 3.05) is 19.5 Å². The summed E-state index contributed by atoms with van der Waals surface area (Å²) in [5, 5.41) is 18.0. The summed E-state index contributed by atoms with van der Waals surface area (Å²) < 4.78 is 6.66. The maximum Gasteiger partial charge on any atom is 0.321 e. The predicted octanol–water partition coefficient (Wildman–Crippen LogP) is 0.764. The molecule has 2 atom stereocenters. The number of anilines is 1. The minimum absolute atomic E-state index is 0.0403. The second kappa shape index (κ2) is 7.05. The number of rotatable bonds is 4. The summed E-state index contributed by atoms with van der Waals surface area (Å²) in [5.41, 5.74) is 0.860. The molecule has 1 aliphatic rings. The van der Waals surface area contributed by atoms with Gasteiger partial charge in [-0.05, 0) is 23.8 Å². The molecular weight excluding hydrogens is 346 g/mol. The lowest BCUT2D eigenvalue weighted by Gasteiger charge is -2.39. The van der Waals surface area contributed by atoms with Crippen LogP contribution >= 0.6 is 11.3 Å². The summed E-state index contributed by atoms with van der Waals surface area (Å²) in [4.78, 5) is 26.1. The lowest BCUT2D eigenvalue weighted by molar-refractivity contribution is -0.136. The van der Waals surface area contributed by atoms with E-state index in [1.165, 1.54) is 7.11 Å². The molecule has 2 aromatic heterocycles. The summed E-state index contributed by atoms with van der Waals surface area (Å²) in [7, 11) is 5.03. The molecule has 0 aromatic carbocycles. The largest absolute Gasteiger partial charge is 0.472 e. The third kappa shape index (κ3) is 3.55. The number of hydrogen-bond donors (Lipinski definition) is 2. The van der Waals surface area contributed by atoms with E-state index in [4.69, 9.17) is 4.74 Å². The molecule has 134 valence electrons. The Hall–Kier alpha value is -2.69. The molecule has 3 amide bonds. The van der Waals surface area contributed by atoms with E-state index in [2.05, 4.69) is 25.9 Å². The van der Waals surface area contributed by atoms with Crippen LogP contribution in [0.25, 0.3) is 0 Å². The van der Waals surface area contributed by atoms with Crippen molar-refractivity contribution in [3.8, 4) is 5.19 Å². The fourth-order valence-corrected chi connectivity index (χ4v) is 3.47. The number of nitrogens with zero attached hydrogens (tertiary/aromatic N) is 5. The zero-order chi connectivity index (χ0) is 18.0. The summed E-state index contributed by atoms with van der Waals surface area (Å²) >= 11 is 1.13. The maximum absolute atomic E-state index is 12.3. The molecule has 11 heteroatoms. The van der Waals surface area contributed by atoms with Gasteiger partial charge in [-0.25, -0.2) is 4.79 Å². The van der Waals surface area contributed by atoms with Gasteiger partial charge in [0.25, 0.3) is 5.19 Å². The number of likely N-dealkylation sites (N-methyl/N-ethyl adjacent to an activating group) is 1. The minimum atomic E-state index is -0.404. The van der Waals surface area contributed by atoms with Crippen molar-refractivity contribution in [2.45, 2.75) is 24.9 Å². The summed E-state index contributed by atoms with van der Waals surface area (Å²) in [6.07, 6.45) is 2.60. The van der Waals surface area contributed by atoms with Crippen LogP contribution in [-0.2, 0) is 11.8 Å². The first-order valence-electron chi connectivity index (χ1n) is 7.68. The fourth-order valence-electron chi connectivity index (χ4n) is 2.91. The Kier molecular flexibility index (Phi) is 4.83. The summed E-state index contributed by atoms with van der Waals surface area (Å²) in [6.45, 7) is 0. The van der Waals surface area contributed by atoms with Crippen LogP contribution in [0.1, 0.15) is 24.6 Å². The number of piperidine rings is 1. The maximum atomic E-state index is 12.3. The van der Waals surface area contributed by atoms with Gasteiger partial charge in [-0.1, -0.05) is 5.10 Å². The number of likely N-dealkylation sites (tertiary alicyclic amines) is 1. The first-order valence-corrected chi connectivity index (χ1v) is 8.50. The molecular formula is C14H19N7O3S. The van der Waals surface area contributed by atoms with Gasteiger partial charge < -0.3 is 15.0 Å². The van der Waals surface area contributed by atoms with Gasteiger partial charge in [-0.15, -0.1) is 5.10 Å². The molecule has 1 fully saturated rings. The van der Waals surface area contributed by atoms with E-state index in [0.717, 1.165) is 17.0 Å². The van der Waals surface area contributed by atoms with Gasteiger partial charge in [0.2, 0.25) is 11.0 Å². The second-order valence-electron chi connectivity index (χ2n) is 5.65. The number of carbonyl (C=O) groups excluding carboxylic acids is 2. The number of aryl methyl sites for hydroxylation is 1. The molecule has 3 rings (SSSR count). The number of amides is 3. The van der Waals surface area contributed by atoms with Crippen LogP contribution in [0.5, 0.6) is 5.19 Å². The normalized spacial score (nSPS) is 20.4.